The van der Waals surface area contributed by atoms with Crippen LogP contribution in [0.2, 0.25) is 5.15 Å². The minimum absolute atomic E-state index is 0.0317. The number of rotatable bonds is 4. The lowest BCUT2D eigenvalue weighted by Gasteiger charge is -2.32. The number of ether oxygens (including phenoxy) is 1. The number of fused-ring (bicyclic) bond motifs is 1. The molecule has 2 N–H and O–H groups in total. The number of amides is 1. The Labute approximate surface area is 178 Å². The van der Waals surface area contributed by atoms with E-state index < -0.39 is 0 Å². The third-order valence-electron chi connectivity index (χ3n) is 5.22. The van der Waals surface area contributed by atoms with Crippen molar-refractivity contribution in [2.45, 2.75) is 0 Å². The highest BCUT2D eigenvalue weighted by Gasteiger charge is 2.21. The Morgan fingerprint density at radius 1 is 1.20 bits per heavy atom. The summed E-state index contributed by atoms with van der Waals surface area (Å²) >= 11 is 6.13. The molecule has 3 aromatic rings. The van der Waals surface area contributed by atoms with E-state index in [1.54, 1.807) is 36.5 Å². The van der Waals surface area contributed by atoms with Crippen molar-refractivity contribution in [3.8, 4) is 5.75 Å². The molecule has 1 aliphatic heterocycles. The number of nitrogens with zero attached hydrogens (tertiary/aromatic N) is 3. The SMILES string of the molecule is COc1cc(C(=O)N2CCN(C)CC2)ccc1Nc1nc(Cl)cc2cc[nH]c(=O)c12. The number of piperazine rings is 1. The van der Waals surface area contributed by atoms with Gasteiger partial charge in [-0.15, -0.1) is 0 Å². The Morgan fingerprint density at radius 3 is 2.70 bits per heavy atom. The average Bonchev–Trinajstić information content (AvgIpc) is 2.74. The van der Waals surface area contributed by atoms with Crippen molar-refractivity contribution in [3.63, 3.8) is 0 Å². The quantitative estimate of drug-likeness (QED) is 0.622. The predicted octanol–water partition coefficient (Wildman–Crippen LogP) is 2.72. The van der Waals surface area contributed by atoms with Crippen molar-refractivity contribution in [2.24, 2.45) is 0 Å². The smallest absolute Gasteiger partial charge is 0.259 e. The van der Waals surface area contributed by atoms with Crippen LogP contribution in [0.5, 0.6) is 5.75 Å². The third kappa shape index (κ3) is 3.96. The second-order valence-electron chi connectivity index (χ2n) is 7.20. The minimum Gasteiger partial charge on any atom is -0.495 e. The molecular formula is C21H22ClN5O3. The fraction of sp³-hybridized carbons (Fsp3) is 0.286. The van der Waals surface area contributed by atoms with Crippen LogP contribution in [-0.4, -0.2) is 66.0 Å². The number of H-pyrrole nitrogens is 1. The van der Waals surface area contributed by atoms with Gasteiger partial charge in [0.15, 0.2) is 0 Å². The number of hydrogen-bond acceptors (Lipinski definition) is 6. The Bertz CT molecular complexity index is 1160. The molecule has 8 nitrogen and oxygen atoms in total. The van der Waals surface area contributed by atoms with Gasteiger partial charge in [0, 0.05) is 37.9 Å². The minimum atomic E-state index is -0.278. The molecule has 0 radical (unpaired) electrons. The predicted molar refractivity (Wildman–Crippen MR) is 117 cm³/mol. The first-order valence-corrected chi connectivity index (χ1v) is 9.95. The molecule has 1 fully saturated rings. The number of anilines is 2. The van der Waals surface area contributed by atoms with E-state index in [1.807, 2.05) is 11.9 Å². The second-order valence-corrected chi connectivity index (χ2v) is 7.59. The van der Waals surface area contributed by atoms with Crippen LogP contribution in [0.25, 0.3) is 10.8 Å². The largest absolute Gasteiger partial charge is 0.495 e. The Kier molecular flexibility index (Phi) is 5.61. The standard InChI is InChI=1S/C21H22ClN5O3/c1-26-7-9-27(10-8-26)21(29)14-3-4-15(16(11-14)30-2)24-19-18-13(12-17(22)25-19)5-6-23-20(18)28/h3-6,11-12H,7-10H2,1-2H3,(H,23,28)(H,24,25). The molecule has 1 aliphatic rings. The van der Waals surface area contributed by atoms with Crippen molar-refractivity contribution >= 4 is 39.8 Å². The van der Waals surface area contributed by atoms with E-state index in [2.05, 4.69) is 20.2 Å². The van der Waals surface area contributed by atoms with Gasteiger partial charge in [-0.3, -0.25) is 9.59 Å². The fourth-order valence-corrected chi connectivity index (χ4v) is 3.72. The summed E-state index contributed by atoms with van der Waals surface area (Å²) in [6.45, 7) is 3.09. The number of likely N-dealkylation sites (N-methyl/N-ethyl adjacent to an activating group) is 1. The summed E-state index contributed by atoms with van der Waals surface area (Å²) in [5.74, 6) is 0.754. The van der Waals surface area contributed by atoms with Crippen LogP contribution in [-0.2, 0) is 0 Å². The van der Waals surface area contributed by atoms with Gasteiger partial charge in [-0.1, -0.05) is 11.6 Å². The van der Waals surface area contributed by atoms with Gasteiger partial charge >= 0.3 is 0 Å². The molecule has 0 bridgehead atoms. The molecule has 0 atom stereocenters. The maximum atomic E-state index is 12.9. The van der Waals surface area contributed by atoms with Gasteiger partial charge in [0.1, 0.15) is 16.7 Å². The number of methoxy groups -OCH3 is 1. The number of benzene rings is 1. The molecule has 0 unspecified atom stereocenters. The summed E-state index contributed by atoms with van der Waals surface area (Å²) in [5.41, 5.74) is 0.843. The first kappa shape index (κ1) is 20.2. The average molecular weight is 428 g/mol. The highest BCUT2D eigenvalue weighted by atomic mass is 35.5. The van der Waals surface area contributed by atoms with Gasteiger partial charge < -0.3 is 24.8 Å². The number of pyridine rings is 2. The molecule has 0 spiro atoms. The number of hydrogen-bond donors (Lipinski definition) is 2. The number of carbonyl (C=O) groups is 1. The van der Waals surface area contributed by atoms with E-state index >= 15 is 0 Å². The van der Waals surface area contributed by atoms with Crippen molar-refractivity contribution in [3.05, 3.63) is 57.6 Å². The molecule has 1 aromatic carbocycles. The lowest BCUT2D eigenvalue weighted by molar-refractivity contribution is 0.0664. The van der Waals surface area contributed by atoms with Crippen LogP contribution in [0.4, 0.5) is 11.5 Å². The molecule has 4 rings (SSSR count). The molecule has 1 amide bonds. The molecule has 1 saturated heterocycles. The topological polar surface area (TPSA) is 90.6 Å². The van der Waals surface area contributed by atoms with Gasteiger partial charge in [0.05, 0.1) is 18.2 Å². The molecule has 2 aromatic heterocycles. The van der Waals surface area contributed by atoms with Gasteiger partial charge in [-0.05, 0) is 42.8 Å². The molecule has 30 heavy (non-hydrogen) atoms. The zero-order valence-corrected chi connectivity index (χ0v) is 17.5. The molecule has 156 valence electrons. The molecular weight excluding hydrogens is 406 g/mol. The van der Waals surface area contributed by atoms with E-state index in [0.717, 1.165) is 13.1 Å². The summed E-state index contributed by atoms with van der Waals surface area (Å²) < 4.78 is 5.50. The van der Waals surface area contributed by atoms with Crippen LogP contribution in [0.3, 0.4) is 0 Å². The van der Waals surface area contributed by atoms with E-state index in [4.69, 9.17) is 16.3 Å². The fourth-order valence-electron chi connectivity index (χ4n) is 3.52. The van der Waals surface area contributed by atoms with E-state index in [0.29, 0.717) is 46.7 Å². The van der Waals surface area contributed by atoms with Crippen LogP contribution in [0.1, 0.15) is 10.4 Å². The van der Waals surface area contributed by atoms with E-state index in [1.165, 1.54) is 7.11 Å². The Balaban J connectivity index is 1.66. The van der Waals surface area contributed by atoms with Crippen molar-refractivity contribution < 1.29 is 9.53 Å². The van der Waals surface area contributed by atoms with Crippen LogP contribution >= 0.6 is 11.6 Å². The second kappa shape index (κ2) is 8.33. The van der Waals surface area contributed by atoms with Gasteiger partial charge in [0.25, 0.3) is 11.5 Å². The normalized spacial score (nSPS) is 14.7. The molecule has 0 aliphatic carbocycles. The maximum Gasteiger partial charge on any atom is 0.259 e. The zero-order valence-electron chi connectivity index (χ0n) is 16.7. The number of halogens is 1. The Morgan fingerprint density at radius 2 is 1.97 bits per heavy atom. The highest BCUT2D eigenvalue weighted by molar-refractivity contribution is 6.30. The number of aromatic nitrogens is 2. The third-order valence-corrected chi connectivity index (χ3v) is 5.41. The summed E-state index contributed by atoms with van der Waals surface area (Å²) in [7, 11) is 3.57. The summed E-state index contributed by atoms with van der Waals surface area (Å²) in [5, 5.41) is 4.45. The summed E-state index contributed by atoms with van der Waals surface area (Å²) in [6, 6.07) is 8.56. The maximum absolute atomic E-state index is 12.9. The van der Waals surface area contributed by atoms with Crippen LogP contribution < -0.4 is 15.6 Å². The van der Waals surface area contributed by atoms with Crippen LogP contribution in [0.15, 0.2) is 41.3 Å². The lowest BCUT2D eigenvalue weighted by Crippen LogP contribution is -2.47. The zero-order chi connectivity index (χ0) is 21.3. The molecule has 3 heterocycles. The van der Waals surface area contributed by atoms with Gasteiger partial charge in [-0.2, -0.15) is 0 Å². The van der Waals surface area contributed by atoms with E-state index in [9.17, 15) is 9.59 Å². The van der Waals surface area contributed by atoms with Gasteiger partial charge in [0.2, 0.25) is 0 Å². The molecule has 9 heteroatoms. The highest BCUT2D eigenvalue weighted by Crippen LogP contribution is 2.31. The lowest BCUT2D eigenvalue weighted by atomic mass is 10.1. The number of nitrogens with one attached hydrogen (secondary N) is 2. The number of aromatic amines is 1. The monoisotopic (exact) mass is 427 g/mol. The van der Waals surface area contributed by atoms with Gasteiger partial charge in [-0.25, -0.2) is 4.98 Å². The first-order chi connectivity index (χ1) is 14.5. The Hall–Kier alpha value is -3.10. The van der Waals surface area contributed by atoms with E-state index in [-0.39, 0.29) is 16.6 Å². The molecule has 0 saturated carbocycles. The van der Waals surface area contributed by atoms with Crippen molar-refractivity contribution in [1.82, 2.24) is 19.8 Å². The van der Waals surface area contributed by atoms with Crippen LogP contribution in [0, 0.1) is 0 Å². The first-order valence-electron chi connectivity index (χ1n) is 9.57. The van der Waals surface area contributed by atoms with Crippen molar-refractivity contribution in [1.29, 1.82) is 0 Å². The van der Waals surface area contributed by atoms with Crippen molar-refractivity contribution in [2.75, 3.05) is 45.7 Å². The number of carbonyl (C=O) groups excluding carboxylic acids is 1. The summed E-state index contributed by atoms with van der Waals surface area (Å²) in [6.07, 6.45) is 1.56. The summed E-state index contributed by atoms with van der Waals surface area (Å²) in [4.78, 5) is 36.2.